The number of furan rings is 1. The van der Waals surface area contributed by atoms with Gasteiger partial charge in [0.25, 0.3) is 5.91 Å². The molecule has 2 aromatic rings. The molecule has 2 N–H and O–H groups in total. The summed E-state index contributed by atoms with van der Waals surface area (Å²) in [4.78, 5) is 39.7. The number of amides is 4. The second-order valence-corrected chi connectivity index (χ2v) is 6.64. The fourth-order valence-corrected chi connectivity index (χ4v) is 2.99. The number of urea groups is 1. The lowest BCUT2D eigenvalue weighted by Crippen LogP contribution is -2.51. The van der Waals surface area contributed by atoms with Gasteiger partial charge >= 0.3 is 6.03 Å². The van der Waals surface area contributed by atoms with Gasteiger partial charge in [-0.15, -0.1) is 0 Å². The smallest absolute Gasteiger partial charge is 0.321 e. The Bertz CT molecular complexity index is 831. The molecule has 1 aromatic carbocycles. The topological polar surface area (TPSA) is 94.9 Å². The summed E-state index contributed by atoms with van der Waals surface area (Å²) in [6.45, 7) is 2.14. The van der Waals surface area contributed by atoms with Crippen molar-refractivity contribution in [1.29, 1.82) is 0 Å². The summed E-state index contributed by atoms with van der Waals surface area (Å²) in [5.74, 6) is -0.430. The Labute approximate surface area is 167 Å². The number of benzene rings is 1. The molecule has 0 spiro atoms. The molecule has 0 saturated carbocycles. The highest BCUT2D eigenvalue weighted by Crippen LogP contribution is 2.11. The van der Waals surface area contributed by atoms with Crippen LogP contribution in [0.5, 0.6) is 0 Å². The zero-order valence-corrected chi connectivity index (χ0v) is 15.9. The van der Waals surface area contributed by atoms with Crippen molar-refractivity contribution in [2.45, 2.75) is 12.8 Å². The van der Waals surface area contributed by atoms with Crippen LogP contribution in [0.2, 0.25) is 0 Å². The first-order valence-electron chi connectivity index (χ1n) is 9.44. The first-order valence-corrected chi connectivity index (χ1v) is 9.44. The van der Waals surface area contributed by atoms with Gasteiger partial charge in [0.05, 0.1) is 6.26 Å². The van der Waals surface area contributed by atoms with Crippen LogP contribution < -0.4 is 10.6 Å². The minimum Gasteiger partial charge on any atom is -0.459 e. The predicted octanol–water partition coefficient (Wildman–Crippen LogP) is 2.30. The van der Waals surface area contributed by atoms with E-state index in [-0.39, 0.29) is 29.4 Å². The number of nitrogens with zero attached hydrogens (tertiary/aromatic N) is 2. The van der Waals surface area contributed by atoms with E-state index in [0.29, 0.717) is 51.3 Å². The van der Waals surface area contributed by atoms with Crippen LogP contribution in [0.15, 0.2) is 47.1 Å². The van der Waals surface area contributed by atoms with Crippen LogP contribution in [0.3, 0.4) is 0 Å². The quantitative estimate of drug-likeness (QED) is 0.725. The van der Waals surface area contributed by atoms with E-state index in [9.17, 15) is 18.8 Å². The largest absolute Gasteiger partial charge is 0.459 e. The van der Waals surface area contributed by atoms with Crippen molar-refractivity contribution in [2.24, 2.45) is 0 Å². The van der Waals surface area contributed by atoms with Crippen LogP contribution in [-0.2, 0) is 4.79 Å². The maximum atomic E-state index is 12.9. The molecule has 0 radical (unpaired) electrons. The Kier molecular flexibility index (Phi) is 6.83. The highest BCUT2D eigenvalue weighted by molar-refractivity contribution is 5.91. The molecule has 1 aromatic heterocycles. The Balaban J connectivity index is 1.34. The number of rotatable bonds is 6. The van der Waals surface area contributed by atoms with E-state index in [1.54, 1.807) is 21.9 Å². The maximum absolute atomic E-state index is 12.9. The number of piperazine rings is 1. The molecule has 1 saturated heterocycles. The molecular formula is C20H23FN4O4. The average Bonchev–Trinajstić information content (AvgIpc) is 3.28. The van der Waals surface area contributed by atoms with Gasteiger partial charge < -0.3 is 24.9 Å². The third-order valence-corrected chi connectivity index (χ3v) is 4.61. The molecule has 154 valence electrons. The summed E-state index contributed by atoms with van der Waals surface area (Å²) < 4.78 is 17.9. The zero-order valence-electron chi connectivity index (χ0n) is 15.9. The van der Waals surface area contributed by atoms with Crippen LogP contribution in [-0.4, -0.2) is 60.4 Å². The van der Waals surface area contributed by atoms with Crippen LogP contribution in [0.4, 0.5) is 14.9 Å². The number of anilines is 1. The molecule has 0 aliphatic carbocycles. The minimum atomic E-state index is -0.365. The van der Waals surface area contributed by atoms with Gasteiger partial charge in [-0.05, 0) is 42.8 Å². The molecule has 8 nitrogen and oxygen atoms in total. The van der Waals surface area contributed by atoms with Gasteiger partial charge in [0, 0.05) is 44.8 Å². The summed E-state index contributed by atoms with van der Waals surface area (Å²) in [7, 11) is 0. The number of hydrogen-bond donors (Lipinski definition) is 2. The molecule has 29 heavy (non-hydrogen) atoms. The lowest BCUT2D eigenvalue weighted by Gasteiger charge is -2.34. The van der Waals surface area contributed by atoms with Gasteiger partial charge in [0.1, 0.15) is 5.82 Å². The fourth-order valence-electron chi connectivity index (χ4n) is 2.99. The molecule has 1 aliphatic rings. The van der Waals surface area contributed by atoms with Crippen LogP contribution in [0.1, 0.15) is 23.4 Å². The van der Waals surface area contributed by atoms with Crippen molar-refractivity contribution in [2.75, 3.05) is 38.0 Å². The van der Waals surface area contributed by atoms with Crippen LogP contribution >= 0.6 is 0 Å². The molecule has 1 fully saturated rings. The molecule has 2 heterocycles. The molecule has 3 rings (SSSR count). The lowest BCUT2D eigenvalue weighted by atomic mass is 10.2. The summed E-state index contributed by atoms with van der Waals surface area (Å²) >= 11 is 0. The van der Waals surface area contributed by atoms with Gasteiger partial charge in [-0.3, -0.25) is 9.59 Å². The molecule has 1 aliphatic heterocycles. The molecule has 0 unspecified atom stereocenters. The van der Waals surface area contributed by atoms with Gasteiger partial charge in [-0.2, -0.15) is 0 Å². The summed E-state index contributed by atoms with van der Waals surface area (Å²) in [6.07, 6.45) is 2.27. The van der Waals surface area contributed by atoms with E-state index in [1.807, 2.05) is 0 Å². The normalized spacial score (nSPS) is 13.8. The number of hydrogen-bond acceptors (Lipinski definition) is 4. The van der Waals surface area contributed by atoms with Gasteiger partial charge in [0.15, 0.2) is 5.76 Å². The van der Waals surface area contributed by atoms with Crippen molar-refractivity contribution >= 4 is 23.5 Å². The van der Waals surface area contributed by atoms with E-state index < -0.39 is 0 Å². The molecular weight excluding hydrogens is 379 g/mol. The lowest BCUT2D eigenvalue weighted by molar-refractivity contribution is -0.132. The standard InChI is InChI=1S/C20H23FN4O4/c21-15-5-7-16(8-6-15)23-20(28)25-12-10-24(11-13-25)18(26)4-1-9-22-19(27)17-3-2-14-29-17/h2-3,5-8,14H,1,4,9-13H2,(H,22,27)(H,23,28). The summed E-state index contributed by atoms with van der Waals surface area (Å²) in [5, 5.41) is 5.42. The van der Waals surface area contributed by atoms with Gasteiger partial charge in [-0.25, -0.2) is 9.18 Å². The Hall–Kier alpha value is -3.36. The second-order valence-electron chi connectivity index (χ2n) is 6.64. The zero-order chi connectivity index (χ0) is 20.6. The predicted molar refractivity (Wildman–Crippen MR) is 104 cm³/mol. The summed E-state index contributed by atoms with van der Waals surface area (Å²) in [6, 6.07) is 8.50. The second kappa shape index (κ2) is 9.72. The highest BCUT2D eigenvalue weighted by Gasteiger charge is 2.24. The Morgan fingerprint density at radius 1 is 1.00 bits per heavy atom. The van der Waals surface area contributed by atoms with Crippen molar-refractivity contribution < 1.29 is 23.2 Å². The van der Waals surface area contributed by atoms with E-state index in [0.717, 1.165) is 0 Å². The monoisotopic (exact) mass is 402 g/mol. The minimum absolute atomic E-state index is 0.00385. The number of carbonyl (C=O) groups is 3. The van der Waals surface area contributed by atoms with Gasteiger partial charge in [0.2, 0.25) is 5.91 Å². The van der Waals surface area contributed by atoms with E-state index in [4.69, 9.17) is 4.42 Å². The number of carbonyl (C=O) groups excluding carboxylic acids is 3. The first-order chi connectivity index (χ1) is 14.0. The first kappa shape index (κ1) is 20.4. The maximum Gasteiger partial charge on any atom is 0.321 e. The molecule has 0 bridgehead atoms. The average molecular weight is 402 g/mol. The highest BCUT2D eigenvalue weighted by atomic mass is 19.1. The molecule has 0 atom stereocenters. The molecule has 9 heteroatoms. The fraction of sp³-hybridized carbons (Fsp3) is 0.350. The van der Waals surface area contributed by atoms with Crippen molar-refractivity contribution in [3.05, 3.63) is 54.2 Å². The van der Waals surface area contributed by atoms with E-state index >= 15 is 0 Å². The van der Waals surface area contributed by atoms with E-state index in [1.165, 1.54) is 30.5 Å². The van der Waals surface area contributed by atoms with Gasteiger partial charge in [-0.1, -0.05) is 0 Å². The third-order valence-electron chi connectivity index (χ3n) is 4.61. The number of nitrogens with one attached hydrogen (secondary N) is 2. The van der Waals surface area contributed by atoms with Crippen molar-refractivity contribution in [3.8, 4) is 0 Å². The summed E-state index contributed by atoms with van der Waals surface area (Å²) in [5.41, 5.74) is 0.520. The van der Waals surface area contributed by atoms with Crippen LogP contribution in [0.25, 0.3) is 0 Å². The van der Waals surface area contributed by atoms with E-state index in [2.05, 4.69) is 10.6 Å². The Morgan fingerprint density at radius 2 is 1.69 bits per heavy atom. The third kappa shape index (κ3) is 5.81. The SMILES string of the molecule is O=C(NCCCC(=O)N1CCN(C(=O)Nc2ccc(F)cc2)CC1)c1ccco1. The molecule has 4 amide bonds. The van der Waals surface area contributed by atoms with Crippen LogP contribution in [0, 0.1) is 5.82 Å². The van der Waals surface area contributed by atoms with Crippen molar-refractivity contribution in [3.63, 3.8) is 0 Å². The number of halogens is 1. The van der Waals surface area contributed by atoms with Crippen molar-refractivity contribution in [1.82, 2.24) is 15.1 Å². The Morgan fingerprint density at radius 3 is 2.34 bits per heavy atom.